The molecule has 0 atom stereocenters. The van der Waals surface area contributed by atoms with Crippen LogP contribution in [0.1, 0.15) is 44.2 Å². The minimum atomic E-state index is 0.587. The first-order valence-corrected chi connectivity index (χ1v) is 5.91. The molecule has 82 valence electrons. The second kappa shape index (κ2) is 5.10. The van der Waals surface area contributed by atoms with Gasteiger partial charge in [-0.2, -0.15) is 0 Å². The zero-order valence-electron chi connectivity index (χ0n) is 9.15. The first kappa shape index (κ1) is 10.4. The molecule has 1 heterocycles. The van der Waals surface area contributed by atoms with Gasteiger partial charge < -0.3 is 5.73 Å². The van der Waals surface area contributed by atoms with Gasteiger partial charge in [0.2, 0.25) is 0 Å². The highest BCUT2D eigenvalue weighted by Gasteiger charge is 2.13. The van der Waals surface area contributed by atoms with E-state index in [9.17, 15) is 0 Å². The second-order valence-corrected chi connectivity index (χ2v) is 4.48. The highest BCUT2D eigenvalue weighted by Crippen LogP contribution is 2.27. The van der Waals surface area contributed by atoms with Crippen molar-refractivity contribution in [3.8, 4) is 0 Å². The van der Waals surface area contributed by atoms with Gasteiger partial charge in [0.15, 0.2) is 0 Å². The normalized spacial score (nSPS) is 17.9. The standard InChI is InChI=1S/C12H19N3/c13-12-8-11(14-9-15-12)7-6-10-4-2-1-3-5-10/h8-10H,1-7H2,(H2,13,14,15). The van der Waals surface area contributed by atoms with E-state index < -0.39 is 0 Å². The van der Waals surface area contributed by atoms with E-state index in [-0.39, 0.29) is 0 Å². The van der Waals surface area contributed by atoms with Gasteiger partial charge in [-0.05, 0) is 18.8 Å². The Morgan fingerprint density at radius 2 is 2.00 bits per heavy atom. The lowest BCUT2D eigenvalue weighted by atomic mass is 9.86. The molecule has 3 nitrogen and oxygen atoms in total. The molecule has 0 unspecified atom stereocenters. The lowest BCUT2D eigenvalue weighted by molar-refractivity contribution is 0.338. The molecule has 2 N–H and O–H groups in total. The largest absolute Gasteiger partial charge is 0.384 e. The summed E-state index contributed by atoms with van der Waals surface area (Å²) < 4.78 is 0. The van der Waals surface area contributed by atoms with Crippen LogP contribution in [0.25, 0.3) is 0 Å². The third-order valence-corrected chi connectivity index (χ3v) is 3.28. The highest BCUT2D eigenvalue weighted by atomic mass is 14.9. The first-order chi connectivity index (χ1) is 7.34. The maximum atomic E-state index is 5.62. The zero-order chi connectivity index (χ0) is 10.5. The Hall–Kier alpha value is -1.12. The van der Waals surface area contributed by atoms with Crippen molar-refractivity contribution >= 4 is 5.82 Å². The molecule has 1 aromatic rings. The van der Waals surface area contributed by atoms with Gasteiger partial charge in [-0.25, -0.2) is 9.97 Å². The topological polar surface area (TPSA) is 51.8 Å². The molecule has 15 heavy (non-hydrogen) atoms. The number of hydrogen-bond acceptors (Lipinski definition) is 3. The van der Waals surface area contributed by atoms with Gasteiger partial charge in [0.05, 0.1) is 0 Å². The molecule has 0 saturated heterocycles. The van der Waals surface area contributed by atoms with Crippen molar-refractivity contribution in [3.05, 3.63) is 18.1 Å². The summed E-state index contributed by atoms with van der Waals surface area (Å²) in [5, 5.41) is 0. The van der Waals surface area contributed by atoms with Crippen LogP contribution in [0.5, 0.6) is 0 Å². The van der Waals surface area contributed by atoms with Crippen molar-refractivity contribution in [1.82, 2.24) is 9.97 Å². The molecule has 0 spiro atoms. The fourth-order valence-electron chi connectivity index (χ4n) is 2.38. The first-order valence-electron chi connectivity index (χ1n) is 5.91. The average molecular weight is 205 g/mol. The summed E-state index contributed by atoms with van der Waals surface area (Å²) >= 11 is 0. The molecular formula is C12H19N3. The lowest BCUT2D eigenvalue weighted by Crippen LogP contribution is -2.08. The molecule has 1 aliphatic rings. The van der Waals surface area contributed by atoms with Gasteiger partial charge in [0, 0.05) is 11.8 Å². The summed E-state index contributed by atoms with van der Waals surface area (Å²) in [7, 11) is 0. The van der Waals surface area contributed by atoms with E-state index in [1.54, 1.807) is 6.33 Å². The Labute approximate surface area is 91.1 Å². The molecule has 0 bridgehead atoms. The number of aryl methyl sites for hydroxylation is 1. The van der Waals surface area contributed by atoms with Crippen molar-refractivity contribution in [1.29, 1.82) is 0 Å². The van der Waals surface area contributed by atoms with Gasteiger partial charge in [0.1, 0.15) is 12.1 Å². The second-order valence-electron chi connectivity index (χ2n) is 4.48. The van der Waals surface area contributed by atoms with Gasteiger partial charge >= 0.3 is 0 Å². The average Bonchev–Trinajstić information content (AvgIpc) is 2.28. The lowest BCUT2D eigenvalue weighted by Gasteiger charge is -2.21. The van der Waals surface area contributed by atoms with E-state index in [2.05, 4.69) is 9.97 Å². The van der Waals surface area contributed by atoms with Crippen LogP contribution in [-0.4, -0.2) is 9.97 Å². The fourth-order valence-corrected chi connectivity index (χ4v) is 2.38. The van der Waals surface area contributed by atoms with Crippen LogP contribution in [0, 0.1) is 5.92 Å². The van der Waals surface area contributed by atoms with E-state index in [0.29, 0.717) is 5.82 Å². The van der Waals surface area contributed by atoms with Crippen molar-refractivity contribution < 1.29 is 0 Å². The van der Waals surface area contributed by atoms with E-state index in [0.717, 1.165) is 18.0 Å². The SMILES string of the molecule is Nc1cc(CCC2CCCCC2)ncn1. The van der Waals surface area contributed by atoms with Crippen LogP contribution in [0.15, 0.2) is 12.4 Å². The Morgan fingerprint density at radius 3 is 2.73 bits per heavy atom. The minimum absolute atomic E-state index is 0.587. The predicted molar refractivity (Wildman–Crippen MR) is 61.3 cm³/mol. The Balaban J connectivity index is 1.81. The third-order valence-electron chi connectivity index (χ3n) is 3.28. The number of rotatable bonds is 3. The third kappa shape index (κ3) is 3.18. The van der Waals surface area contributed by atoms with Crippen LogP contribution in [0.2, 0.25) is 0 Å². The quantitative estimate of drug-likeness (QED) is 0.825. The van der Waals surface area contributed by atoms with Gasteiger partial charge in [0.25, 0.3) is 0 Å². The summed E-state index contributed by atoms with van der Waals surface area (Å²) in [4.78, 5) is 8.13. The molecule has 1 aliphatic carbocycles. The maximum Gasteiger partial charge on any atom is 0.126 e. The summed E-state index contributed by atoms with van der Waals surface area (Å²) in [6.07, 6.45) is 10.9. The van der Waals surface area contributed by atoms with Gasteiger partial charge in [-0.15, -0.1) is 0 Å². The summed E-state index contributed by atoms with van der Waals surface area (Å²) in [6, 6.07) is 1.89. The van der Waals surface area contributed by atoms with Crippen molar-refractivity contribution in [2.75, 3.05) is 5.73 Å². The summed E-state index contributed by atoms with van der Waals surface area (Å²) in [5.74, 6) is 1.50. The smallest absolute Gasteiger partial charge is 0.126 e. The molecule has 1 saturated carbocycles. The van der Waals surface area contributed by atoms with E-state index in [1.165, 1.54) is 38.5 Å². The van der Waals surface area contributed by atoms with E-state index in [4.69, 9.17) is 5.73 Å². The highest BCUT2D eigenvalue weighted by molar-refractivity contribution is 5.27. The number of nitrogens with zero attached hydrogens (tertiary/aromatic N) is 2. The van der Waals surface area contributed by atoms with Crippen LogP contribution in [-0.2, 0) is 6.42 Å². The van der Waals surface area contributed by atoms with E-state index in [1.807, 2.05) is 6.07 Å². The molecule has 0 amide bonds. The van der Waals surface area contributed by atoms with Crippen LogP contribution < -0.4 is 5.73 Å². The van der Waals surface area contributed by atoms with E-state index >= 15 is 0 Å². The minimum Gasteiger partial charge on any atom is -0.384 e. The maximum absolute atomic E-state index is 5.62. The predicted octanol–water partition coefficient (Wildman–Crippen LogP) is 2.57. The Kier molecular flexibility index (Phi) is 3.54. The van der Waals surface area contributed by atoms with Crippen LogP contribution in [0.4, 0.5) is 5.82 Å². The number of nitrogen functional groups attached to an aromatic ring is 1. The molecular weight excluding hydrogens is 186 g/mol. The van der Waals surface area contributed by atoms with Gasteiger partial charge in [-0.1, -0.05) is 32.1 Å². The molecule has 0 aliphatic heterocycles. The van der Waals surface area contributed by atoms with Crippen molar-refractivity contribution in [2.45, 2.75) is 44.9 Å². The number of anilines is 1. The zero-order valence-corrected chi connectivity index (χ0v) is 9.15. The molecule has 0 radical (unpaired) electrons. The monoisotopic (exact) mass is 205 g/mol. The molecule has 1 fully saturated rings. The molecule has 3 heteroatoms. The fraction of sp³-hybridized carbons (Fsp3) is 0.667. The van der Waals surface area contributed by atoms with Gasteiger partial charge in [-0.3, -0.25) is 0 Å². The van der Waals surface area contributed by atoms with Crippen molar-refractivity contribution in [3.63, 3.8) is 0 Å². The van der Waals surface area contributed by atoms with Crippen molar-refractivity contribution in [2.24, 2.45) is 5.92 Å². The molecule has 2 rings (SSSR count). The van der Waals surface area contributed by atoms with Crippen LogP contribution >= 0.6 is 0 Å². The Morgan fingerprint density at radius 1 is 1.20 bits per heavy atom. The number of aromatic nitrogens is 2. The summed E-state index contributed by atoms with van der Waals surface area (Å²) in [5.41, 5.74) is 6.71. The molecule has 0 aromatic carbocycles. The summed E-state index contributed by atoms with van der Waals surface area (Å²) in [6.45, 7) is 0. The number of nitrogens with two attached hydrogens (primary N) is 1. The van der Waals surface area contributed by atoms with Crippen LogP contribution in [0.3, 0.4) is 0 Å². The molecule has 1 aromatic heterocycles. The number of hydrogen-bond donors (Lipinski definition) is 1. The Bertz CT molecular complexity index is 305.